The predicted molar refractivity (Wildman–Crippen MR) is 82.0 cm³/mol. The summed E-state index contributed by atoms with van der Waals surface area (Å²) in [6.45, 7) is 1.95. The first-order valence-corrected chi connectivity index (χ1v) is 7.40. The van der Waals surface area contributed by atoms with Crippen molar-refractivity contribution in [1.29, 1.82) is 0 Å². The Hall–Kier alpha value is -2.38. The lowest BCUT2D eigenvalue weighted by Gasteiger charge is -2.25. The molecule has 0 unspecified atom stereocenters. The molecule has 2 heterocycles. The minimum Gasteiger partial charge on any atom is -0.433 e. The molecule has 120 valence electrons. The van der Waals surface area contributed by atoms with Crippen molar-refractivity contribution < 1.29 is 19.0 Å². The van der Waals surface area contributed by atoms with Gasteiger partial charge in [-0.1, -0.05) is 23.7 Å². The van der Waals surface area contributed by atoms with Gasteiger partial charge in [-0.2, -0.15) is 5.10 Å². The van der Waals surface area contributed by atoms with Gasteiger partial charge in [0, 0.05) is 19.2 Å². The van der Waals surface area contributed by atoms with E-state index in [-0.39, 0.29) is 11.6 Å². The number of carbonyl (C=O) groups excluding carboxylic acids is 1. The molecule has 1 fully saturated rings. The van der Waals surface area contributed by atoms with Crippen LogP contribution in [0.4, 0.5) is 4.79 Å². The van der Waals surface area contributed by atoms with Crippen LogP contribution in [0.5, 0.6) is 17.4 Å². The summed E-state index contributed by atoms with van der Waals surface area (Å²) in [6.07, 6.45) is 0.937. The third-order valence-corrected chi connectivity index (χ3v) is 3.47. The van der Waals surface area contributed by atoms with Crippen molar-refractivity contribution in [3.05, 3.63) is 41.6 Å². The van der Waals surface area contributed by atoms with E-state index in [4.69, 9.17) is 25.8 Å². The second-order valence-electron chi connectivity index (χ2n) is 4.70. The Kier molecular flexibility index (Phi) is 4.89. The molecule has 8 heteroatoms. The standard InChI is InChI=1S/C15H14ClN3O4/c16-11-3-1-2-4-12(11)22-14-13(5-6-17-18-14)23-15(20)19-7-9-21-10-8-19/h1-6H,7-10H2. The van der Waals surface area contributed by atoms with Crippen molar-refractivity contribution in [1.82, 2.24) is 15.1 Å². The van der Waals surface area contributed by atoms with Crippen LogP contribution in [0.3, 0.4) is 0 Å². The van der Waals surface area contributed by atoms with Crippen molar-refractivity contribution >= 4 is 17.7 Å². The fourth-order valence-corrected chi connectivity index (χ4v) is 2.17. The van der Waals surface area contributed by atoms with Gasteiger partial charge in [-0.25, -0.2) is 4.79 Å². The second kappa shape index (κ2) is 7.26. The van der Waals surface area contributed by atoms with Gasteiger partial charge in [-0.15, -0.1) is 5.10 Å². The average Bonchev–Trinajstić information content (AvgIpc) is 2.59. The molecular weight excluding hydrogens is 322 g/mol. The van der Waals surface area contributed by atoms with Gasteiger partial charge < -0.3 is 19.1 Å². The second-order valence-corrected chi connectivity index (χ2v) is 5.11. The van der Waals surface area contributed by atoms with Gasteiger partial charge in [0.05, 0.1) is 24.4 Å². The van der Waals surface area contributed by atoms with Crippen LogP contribution in [0, 0.1) is 0 Å². The molecule has 0 saturated carbocycles. The van der Waals surface area contributed by atoms with E-state index in [1.807, 2.05) is 0 Å². The fraction of sp³-hybridized carbons (Fsp3) is 0.267. The van der Waals surface area contributed by atoms with Crippen LogP contribution in [0.25, 0.3) is 0 Å². The van der Waals surface area contributed by atoms with Gasteiger partial charge in [0.25, 0.3) is 5.88 Å². The molecule has 0 radical (unpaired) electrons. The summed E-state index contributed by atoms with van der Waals surface area (Å²) in [5.74, 6) is 0.650. The van der Waals surface area contributed by atoms with Gasteiger partial charge in [-0.3, -0.25) is 0 Å². The van der Waals surface area contributed by atoms with E-state index in [1.165, 1.54) is 12.3 Å². The van der Waals surface area contributed by atoms with Crippen LogP contribution < -0.4 is 9.47 Å². The van der Waals surface area contributed by atoms with E-state index >= 15 is 0 Å². The largest absolute Gasteiger partial charge is 0.433 e. The SMILES string of the molecule is O=C(Oc1ccnnc1Oc1ccccc1Cl)N1CCOCC1. The van der Waals surface area contributed by atoms with Crippen molar-refractivity contribution in [3.8, 4) is 17.4 Å². The van der Waals surface area contributed by atoms with Crippen LogP contribution in [0.15, 0.2) is 36.5 Å². The number of amides is 1. The zero-order valence-corrected chi connectivity index (χ0v) is 12.9. The lowest BCUT2D eigenvalue weighted by atomic mass is 10.3. The first-order valence-electron chi connectivity index (χ1n) is 7.02. The van der Waals surface area contributed by atoms with Crippen molar-refractivity contribution in [2.24, 2.45) is 0 Å². The molecule has 1 amide bonds. The van der Waals surface area contributed by atoms with Crippen LogP contribution in [0.2, 0.25) is 5.02 Å². The Morgan fingerprint density at radius 2 is 1.96 bits per heavy atom. The number of carbonyl (C=O) groups is 1. The summed E-state index contributed by atoms with van der Waals surface area (Å²) in [5.41, 5.74) is 0. The Morgan fingerprint density at radius 3 is 2.74 bits per heavy atom. The van der Waals surface area contributed by atoms with Gasteiger partial charge >= 0.3 is 6.09 Å². The number of rotatable bonds is 3. The highest BCUT2D eigenvalue weighted by molar-refractivity contribution is 6.32. The average molecular weight is 336 g/mol. The molecule has 1 aromatic heterocycles. The molecule has 1 aliphatic heterocycles. The molecule has 7 nitrogen and oxygen atoms in total. The van der Waals surface area contributed by atoms with Crippen LogP contribution in [-0.2, 0) is 4.74 Å². The van der Waals surface area contributed by atoms with Gasteiger partial charge in [0.1, 0.15) is 5.75 Å². The summed E-state index contributed by atoms with van der Waals surface area (Å²) in [4.78, 5) is 13.7. The Balaban J connectivity index is 1.75. The number of hydrogen-bond donors (Lipinski definition) is 0. The van der Waals surface area contributed by atoms with Crippen molar-refractivity contribution in [2.75, 3.05) is 26.3 Å². The number of nitrogens with zero attached hydrogens (tertiary/aromatic N) is 3. The van der Waals surface area contributed by atoms with E-state index in [9.17, 15) is 4.79 Å². The topological polar surface area (TPSA) is 73.8 Å². The molecule has 1 saturated heterocycles. The lowest BCUT2D eigenvalue weighted by Crippen LogP contribution is -2.42. The van der Waals surface area contributed by atoms with Gasteiger partial charge in [0.2, 0.25) is 0 Å². The van der Waals surface area contributed by atoms with E-state index in [2.05, 4.69) is 10.2 Å². The maximum atomic E-state index is 12.2. The molecule has 0 atom stereocenters. The zero-order valence-electron chi connectivity index (χ0n) is 12.1. The lowest BCUT2D eigenvalue weighted by molar-refractivity contribution is 0.0413. The molecule has 23 heavy (non-hydrogen) atoms. The van der Waals surface area contributed by atoms with Crippen LogP contribution in [-0.4, -0.2) is 47.5 Å². The van der Waals surface area contributed by atoms with E-state index in [0.717, 1.165) is 0 Å². The summed E-state index contributed by atoms with van der Waals surface area (Å²) >= 11 is 6.05. The maximum absolute atomic E-state index is 12.2. The highest BCUT2D eigenvalue weighted by Crippen LogP contribution is 2.32. The highest BCUT2D eigenvalue weighted by atomic mass is 35.5. The van der Waals surface area contributed by atoms with Crippen molar-refractivity contribution in [3.63, 3.8) is 0 Å². The molecule has 2 aromatic rings. The minimum absolute atomic E-state index is 0.0715. The smallest absolute Gasteiger partial charge is 0.415 e. The molecule has 0 spiro atoms. The number of halogens is 1. The molecule has 0 N–H and O–H groups in total. The first-order chi connectivity index (χ1) is 11.2. The number of ether oxygens (including phenoxy) is 3. The normalized spacial score (nSPS) is 14.4. The molecule has 0 bridgehead atoms. The Labute approximate surface area is 137 Å². The molecule has 1 aromatic carbocycles. The van der Waals surface area contributed by atoms with E-state index in [0.29, 0.717) is 37.1 Å². The van der Waals surface area contributed by atoms with E-state index in [1.54, 1.807) is 29.2 Å². The maximum Gasteiger partial charge on any atom is 0.415 e. The van der Waals surface area contributed by atoms with Gasteiger partial charge in [0.15, 0.2) is 5.75 Å². The first kappa shape index (κ1) is 15.5. The third kappa shape index (κ3) is 3.88. The third-order valence-electron chi connectivity index (χ3n) is 3.16. The Bertz CT molecular complexity index is 692. The number of para-hydroxylation sites is 1. The van der Waals surface area contributed by atoms with Gasteiger partial charge in [-0.05, 0) is 12.1 Å². The summed E-state index contributed by atoms with van der Waals surface area (Å²) in [6, 6.07) is 8.44. The minimum atomic E-state index is -0.481. The Morgan fingerprint density at radius 1 is 1.17 bits per heavy atom. The number of morpholine rings is 1. The molecule has 1 aliphatic rings. The molecule has 0 aliphatic carbocycles. The summed E-state index contributed by atoms with van der Waals surface area (Å²) in [5, 5.41) is 8.03. The monoisotopic (exact) mass is 335 g/mol. The fourth-order valence-electron chi connectivity index (χ4n) is 1.99. The van der Waals surface area contributed by atoms with Crippen LogP contribution >= 0.6 is 11.6 Å². The summed E-state index contributed by atoms with van der Waals surface area (Å²) in [7, 11) is 0. The van der Waals surface area contributed by atoms with E-state index < -0.39 is 6.09 Å². The number of hydrogen-bond acceptors (Lipinski definition) is 6. The molecular formula is C15H14ClN3O4. The zero-order chi connectivity index (χ0) is 16.1. The summed E-state index contributed by atoms with van der Waals surface area (Å²) < 4.78 is 16.2. The highest BCUT2D eigenvalue weighted by Gasteiger charge is 2.21. The van der Waals surface area contributed by atoms with Crippen LogP contribution in [0.1, 0.15) is 0 Å². The predicted octanol–water partition coefficient (Wildman–Crippen LogP) is 2.75. The number of aromatic nitrogens is 2. The quantitative estimate of drug-likeness (QED) is 0.858. The van der Waals surface area contributed by atoms with Crippen molar-refractivity contribution in [2.45, 2.75) is 0 Å². The number of benzene rings is 1. The molecule has 3 rings (SSSR count).